The first-order chi connectivity index (χ1) is 6.61. The Bertz CT molecular complexity index is 323. The van der Waals surface area contributed by atoms with Crippen molar-refractivity contribution < 1.29 is 5.11 Å². The molecule has 4 nitrogen and oxygen atoms in total. The molecule has 1 atom stereocenters. The maximum absolute atomic E-state index is 9.10. The van der Waals surface area contributed by atoms with Crippen LogP contribution in [0.4, 0.5) is 5.69 Å². The van der Waals surface area contributed by atoms with Crippen LogP contribution in [-0.2, 0) is 0 Å². The van der Waals surface area contributed by atoms with Gasteiger partial charge in [-0.1, -0.05) is 12.1 Å². The van der Waals surface area contributed by atoms with Gasteiger partial charge in [-0.15, -0.1) is 0 Å². The standard InChI is InChI=1S/C10H15N3O/c1-7(14)6-13-9-5-3-2-4-8(9)10(11)12/h2-5,7,13-14H,6H2,1H3,(H3,11,12). The molecule has 4 heteroatoms. The Morgan fingerprint density at radius 2 is 2.21 bits per heavy atom. The number of nitrogens with one attached hydrogen (secondary N) is 2. The number of para-hydroxylation sites is 1. The fraction of sp³-hybridized carbons (Fsp3) is 0.300. The molecule has 14 heavy (non-hydrogen) atoms. The second kappa shape index (κ2) is 4.62. The van der Waals surface area contributed by atoms with Crippen LogP contribution in [0.3, 0.4) is 0 Å². The monoisotopic (exact) mass is 193 g/mol. The topological polar surface area (TPSA) is 82.1 Å². The molecule has 0 aromatic heterocycles. The number of anilines is 1. The van der Waals surface area contributed by atoms with E-state index in [4.69, 9.17) is 16.2 Å². The van der Waals surface area contributed by atoms with Gasteiger partial charge in [-0.25, -0.2) is 0 Å². The summed E-state index contributed by atoms with van der Waals surface area (Å²) < 4.78 is 0. The average molecular weight is 193 g/mol. The maximum Gasteiger partial charge on any atom is 0.124 e. The summed E-state index contributed by atoms with van der Waals surface area (Å²) in [7, 11) is 0. The van der Waals surface area contributed by atoms with E-state index in [0.29, 0.717) is 12.1 Å². The van der Waals surface area contributed by atoms with Crippen molar-refractivity contribution in [2.24, 2.45) is 5.73 Å². The minimum atomic E-state index is -0.421. The number of nitrogen functional groups attached to an aromatic ring is 1. The van der Waals surface area contributed by atoms with Crippen LogP contribution >= 0.6 is 0 Å². The van der Waals surface area contributed by atoms with Crippen molar-refractivity contribution >= 4 is 11.5 Å². The molecule has 0 saturated carbocycles. The molecule has 0 saturated heterocycles. The highest BCUT2D eigenvalue weighted by Crippen LogP contribution is 2.13. The molecule has 1 aromatic rings. The molecular formula is C10H15N3O. The molecule has 76 valence electrons. The Morgan fingerprint density at radius 3 is 2.79 bits per heavy atom. The molecule has 5 N–H and O–H groups in total. The zero-order valence-electron chi connectivity index (χ0n) is 8.12. The molecule has 1 unspecified atom stereocenters. The van der Waals surface area contributed by atoms with Gasteiger partial charge in [0, 0.05) is 17.8 Å². The van der Waals surface area contributed by atoms with Gasteiger partial charge < -0.3 is 16.2 Å². The first-order valence-corrected chi connectivity index (χ1v) is 4.46. The van der Waals surface area contributed by atoms with Gasteiger partial charge in [-0.05, 0) is 19.1 Å². The van der Waals surface area contributed by atoms with Gasteiger partial charge in [-0.3, -0.25) is 5.41 Å². The fourth-order valence-corrected chi connectivity index (χ4v) is 1.13. The Labute approximate surface area is 83.3 Å². The van der Waals surface area contributed by atoms with Crippen LogP contribution in [0.5, 0.6) is 0 Å². The van der Waals surface area contributed by atoms with Gasteiger partial charge in [-0.2, -0.15) is 0 Å². The summed E-state index contributed by atoms with van der Waals surface area (Å²) in [6, 6.07) is 7.28. The van der Waals surface area contributed by atoms with Gasteiger partial charge >= 0.3 is 0 Å². The molecule has 0 aliphatic carbocycles. The van der Waals surface area contributed by atoms with Crippen LogP contribution in [0.25, 0.3) is 0 Å². The number of aliphatic hydroxyl groups is 1. The Balaban J connectivity index is 2.79. The fourth-order valence-electron chi connectivity index (χ4n) is 1.13. The minimum Gasteiger partial charge on any atom is -0.392 e. The third-order valence-electron chi connectivity index (χ3n) is 1.81. The van der Waals surface area contributed by atoms with Crippen molar-refractivity contribution in [2.75, 3.05) is 11.9 Å². The second-order valence-electron chi connectivity index (χ2n) is 3.19. The van der Waals surface area contributed by atoms with E-state index >= 15 is 0 Å². The number of aliphatic hydroxyl groups excluding tert-OH is 1. The number of hydrogen-bond acceptors (Lipinski definition) is 3. The van der Waals surface area contributed by atoms with Crippen molar-refractivity contribution in [2.45, 2.75) is 13.0 Å². The van der Waals surface area contributed by atoms with Crippen LogP contribution in [-0.4, -0.2) is 23.6 Å². The van der Waals surface area contributed by atoms with Crippen LogP contribution in [0.2, 0.25) is 0 Å². The van der Waals surface area contributed by atoms with Crippen molar-refractivity contribution in [3.63, 3.8) is 0 Å². The smallest absolute Gasteiger partial charge is 0.124 e. The van der Waals surface area contributed by atoms with E-state index in [2.05, 4.69) is 5.32 Å². The molecule has 0 fully saturated rings. The van der Waals surface area contributed by atoms with Gasteiger partial charge in [0.25, 0.3) is 0 Å². The van der Waals surface area contributed by atoms with Crippen LogP contribution < -0.4 is 11.1 Å². The highest BCUT2D eigenvalue weighted by atomic mass is 16.3. The summed E-state index contributed by atoms with van der Waals surface area (Å²) >= 11 is 0. The van der Waals surface area contributed by atoms with Crippen molar-refractivity contribution in [3.05, 3.63) is 29.8 Å². The quantitative estimate of drug-likeness (QED) is 0.421. The minimum absolute atomic E-state index is 0.0266. The molecule has 0 aliphatic heterocycles. The van der Waals surface area contributed by atoms with E-state index in [1.165, 1.54) is 0 Å². The molecule has 0 aliphatic rings. The molecular weight excluding hydrogens is 178 g/mol. The molecule has 0 radical (unpaired) electrons. The Morgan fingerprint density at radius 1 is 1.57 bits per heavy atom. The zero-order valence-corrected chi connectivity index (χ0v) is 8.12. The predicted octanol–water partition coefficient (Wildman–Crippen LogP) is 0.763. The maximum atomic E-state index is 9.10. The number of benzene rings is 1. The third-order valence-corrected chi connectivity index (χ3v) is 1.81. The van der Waals surface area contributed by atoms with E-state index in [1.54, 1.807) is 13.0 Å². The lowest BCUT2D eigenvalue weighted by atomic mass is 10.1. The predicted molar refractivity (Wildman–Crippen MR) is 57.6 cm³/mol. The van der Waals surface area contributed by atoms with Gasteiger partial charge in [0.1, 0.15) is 5.84 Å². The van der Waals surface area contributed by atoms with E-state index in [0.717, 1.165) is 5.69 Å². The van der Waals surface area contributed by atoms with Crippen LogP contribution in [0.1, 0.15) is 12.5 Å². The summed E-state index contributed by atoms with van der Waals surface area (Å²) in [5.41, 5.74) is 6.84. The lowest BCUT2D eigenvalue weighted by Gasteiger charge is -2.11. The van der Waals surface area contributed by atoms with Gasteiger partial charge in [0.2, 0.25) is 0 Å². The van der Waals surface area contributed by atoms with Gasteiger partial charge in [0.05, 0.1) is 6.10 Å². The second-order valence-corrected chi connectivity index (χ2v) is 3.19. The lowest BCUT2D eigenvalue weighted by molar-refractivity contribution is 0.208. The van der Waals surface area contributed by atoms with Crippen LogP contribution in [0.15, 0.2) is 24.3 Å². The van der Waals surface area contributed by atoms with E-state index < -0.39 is 6.10 Å². The number of amidine groups is 1. The Kier molecular flexibility index (Phi) is 3.48. The van der Waals surface area contributed by atoms with Crippen molar-refractivity contribution in [1.29, 1.82) is 5.41 Å². The third kappa shape index (κ3) is 2.74. The number of rotatable bonds is 4. The summed E-state index contributed by atoms with van der Waals surface area (Å²) in [4.78, 5) is 0. The van der Waals surface area contributed by atoms with E-state index in [1.807, 2.05) is 18.2 Å². The SMILES string of the molecule is CC(O)CNc1ccccc1C(=N)N. The molecule has 0 heterocycles. The summed E-state index contributed by atoms with van der Waals surface area (Å²) in [5, 5.41) is 19.5. The molecule has 1 rings (SSSR count). The summed E-state index contributed by atoms with van der Waals surface area (Å²) in [6.07, 6.45) is -0.421. The first kappa shape index (κ1) is 10.5. The highest BCUT2D eigenvalue weighted by molar-refractivity contribution is 6.00. The largest absolute Gasteiger partial charge is 0.392 e. The average Bonchev–Trinajstić information content (AvgIpc) is 2.15. The normalized spacial score (nSPS) is 12.1. The molecule has 0 amide bonds. The lowest BCUT2D eigenvalue weighted by Crippen LogP contribution is -2.19. The van der Waals surface area contributed by atoms with E-state index in [-0.39, 0.29) is 5.84 Å². The van der Waals surface area contributed by atoms with Crippen molar-refractivity contribution in [3.8, 4) is 0 Å². The Hall–Kier alpha value is -1.55. The summed E-state index contributed by atoms with van der Waals surface area (Å²) in [5.74, 6) is 0.0266. The number of nitrogens with two attached hydrogens (primary N) is 1. The van der Waals surface area contributed by atoms with Crippen LogP contribution in [0, 0.1) is 5.41 Å². The molecule has 1 aromatic carbocycles. The zero-order chi connectivity index (χ0) is 10.6. The van der Waals surface area contributed by atoms with Crippen molar-refractivity contribution in [1.82, 2.24) is 0 Å². The molecule has 0 bridgehead atoms. The summed E-state index contributed by atoms with van der Waals surface area (Å²) in [6.45, 7) is 2.15. The molecule has 0 spiro atoms. The highest BCUT2D eigenvalue weighted by Gasteiger charge is 2.04. The number of hydrogen-bond donors (Lipinski definition) is 4. The van der Waals surface area contributed by atoms with Gasteiger partial charge in [0.15, 0.2) is 0 Å². The van der Waals surface area contributed by atoms with E-state index in [9.17, 15) is 0 Å². The first-order valence-electron chi connectivity index (χ1n) is 4.46.